The van der Waals surface area contributed by atoms with E-state index >= 15 is 0 Å². The number of hydrogen-bond acceptors (Lipinski definition) is 5. The van der Waals surface area contributed by atoms with Gasteiger partial charge in [0.1, 0.15) is 21.4 Å². The Kier molecular flexibility index (Phi) is 4.42. The van der Waals surface area contributed by atoms with Gasteiger partial charge in [-0.3, -0.25) is 4.79 Å². The van der Waals surface area contributed by atoms with Crippen molar-refractivity contribution < 1.29 is 17.6 Å². The molecule has 3 rings (SSSR count). The van der Waals surface area contributed by atoms with E-state index in [1.54, 1.807) is 5.38 Å². The van der Waals surface area contributed by atoms with Crippen LogP contribution in [0.3, 0.4) is 0 Å². The highest BCUT2D eigenvalue weighted by atomic mass is 32.2. The molecule has 2 aromatic rings. The van der Waals surface area contributed by atoms with E-state index in [0.29, 0.717) is 5.01 Å². The van der Waals surface area contributed by atoms with Crippen molar-refractivity contribution >= 4 is 27.3 Å². The molecule has 1 fully saturated rings. The highest BCUT2D eigenvalue weighted by Gasteiger charge is 2.25. The third-order valence-electron chi connectivity index (χ3n) is 3.24. The number of hydrogen-bond donors (Lipinski definition) is 2. The topological polar surface area (TPSA) is 88.2 Å². The molecule has 1 aliphatic carbocycles. The molecule has 23 heavy (non-hydrogen) atoms. The van der Waals surface area contributed by atoms with Gasteiger partial charge in [0, 0.05) is 11.4 Å². The Hall–Kier alpha value is -1.84. The highest BCUT2D eigenvalue weighted by molar-refractivity contribution is 7.89. The number of amides is 1. The Balaban J connectivity index is 1.65. The van der Waals surface area contributed by atoms with Crippen LogP contribution in [0.4, 0.5) is 4.39 Å². The van der Waals surface area contributed by atoms with Gasteiger partial charge in [0.25, 0.3) is 5.91 Å². The Labute approximate surface area is 136 Å². The summed E-state index contributed by atoms with van der Waals surface area (Å²) in [6.45, 7) is -0.0992. The lowest BCUT2D eigenvalue weighted by Crippen LogP contribution is -2.26. The van der Waals surface area contributed by atoms with Crippen LogP contribution in [0.1, 0.15) is 28.3 Å². The first-order valence-electron chi connectivity index (χ1n) is 6.95. The molecule has 6 nitrogen and oxygen atoms in total. The quantitative estimate of drug-likeness (QED) is 0.825. The van der Waals surface area contributed by atoms with E-state index in [9.17, 15) is 17.6 Å². The summed E-state index contributed by atoms with van der Waals surface area (Å²) >= 11 is 1.17. The SMILES string of the molecule is O=C(NC1CC1)c1csc(CNS(=O)(=O)c2ccccc2F)n1. The lowest BCUT2D eigenvalue weighted by molar-refractivity contribution is 0.0946. The van der Waals surface area contributed by atoms with Crippen LogP contribution < -0.4 is 10.0 Å². The first-order valence-corrected chi connectivity index (χ1v) is 9.31. The highest BCUT2D eigenvalue weighted by Crippen LogP contribution is 2.20. The van der Waals surface area contributed by atoms with Gasteiger partial charge in [-0.2, -0.15) is 0 Å². The molecule has 122 valence electrons. The lowest BCUT2D eigenvalue weighted by Gasteiger charge is -2.05. The van der Waals surface area contributed by atoms with E-state index in [0.717, 1.165) is 18.9 Å². The Morgan fingerprint density at radius 2 is 2.09 bits per heavy atom. The second-order valence-corrected chi connectivity index (χ2v) is 7.81. The smallest absolute Gasteiger partial charge is 0.270 e. The summed E-state index contributed by atoms with van der Waals surface area (Å²) in [5.41, 5.74) is 0.266. The molecule has 0 aliphatic heterocycles. The summed E-state index contributed by atoms with van der Waals surface area (Å²) in [5, 5.41) is 4.82. The van der Waals surface area contributed by atoms with Crippen molar-refractivity contribution in [1.82, 2.24) is 15.0 Å². The number of thiazole rings is 1. The van der Waals surface area contributed by atoms with Crippen LogP contribution in [0.25, 0.3) is 0 Å². The molecule has 9 heteroatoms. The molecule has 0 spiro atoms. The van der Waals surface area contributed by atoms with E-state index in [1.807, 2.05) is 0 Å². The Morgan fingerprint density at radius 1 is 1.35 bits per heavy atom. The van der Waals surface area contributed by atoms with Crippen LogP contribution in [-0.4, -0.2) is 25.4 Å². The number of rotatable bonds is 6. The standard InChI is InChI=1S/C14H14FN3O3S2/c15-10-3-1-2-4-12(10)23(20,21)16-7-13-18-11(8-22-13)14(19)17-9-5-6-9/h1-4,8-9,16H,5-7H2,(H,17,19). The number of benzene rings is 1. The van der Waals surface area contributed by atoms with Crippen molar-refractivity contribution in [1.29, 1.82) is 0 Å². The van der Waals surface area contributed by atoms with Gasteiger partial charge in [-0.1, -0.05) is 12.1 Å². The summed E-state index contributed by atoms with van der Waals surface area (Å²) < 4.78 is 40.0. The van der Waals surface area contributed by atoms with Gasteiger partial charge in [-0.05, 0) is 25.0 Å². The van der Waals surface area contributed by atoms with Crippen LogP contribution in [0, 0.1) is 5.82 Å². The molecule has 0 saturated heterocycles. The van der Waals surface area contributed by atoms with Crippen molar-refractivity contribution in [2.45, 2.75) is 30.3 Å². The molecular formula is C14H14FN3O3S2. The van der Waals surface area contributed by atoms with Crippen molar-refractivity contribution in [3.05, 3.63) is 46.2 Å². The summed E-state index contributed by atoms with van der Waals surface area (Å²) in [6.07, 6.45) is 1.95. The van der Waals surface area contributed by atoms with E-state index in [-0.39, 0.29) is 24.2 Å². The average molecular weight is 355 g/mol. The zero-order valence-corrected chi connectivity index (χ0v) is 13.6. The number of carbonyl (C=O) groups excluding carboxylic acids is 1. The predicted molar refractivity (Wildman–Crippen MR) is 83.0 cm³/mol. The third kappa shape index (κ3) is 3.92. The second-order valence-electron chi connectivity index (χ2n) is 5.13. The van der Waals surface area contributed by atoms with Crippen LogP contribution >= 0.6 is 11.3 Å². The number of nitrogens with one attached hydrogen (secondary N) is 2. The van der Waals surface area contributed by atoms with Crippen molar-refractivity contribution in [3.8, 4) is 0 Å². The molecule has 1 aromatic heterocycles. The molecule has 0 bridgehead atoms. The van der Waals surface area contributed by atoms with Crippen LogP contribution in [0.5, 0.6) is 0 Å². The molecule has 1 aliphatic rings. The lowest BCUT2D eigenvalue weighted by atomic mass is 10.4. The monoisotopic (exact) mass is 355 g/mol. The van der Waals surface area contributed by atoms with E-state index in [1.165, 1.54) is 29.5 Å². The van der Waals surface area contributed by atoms with Crippen LogP contribution in [0.2, 0.25) is 0 Å². The van der Waals surface area contributed by atoms with E-state index < -0.39 is 20.7 Å². The maximum atomic E-state index is 13.6. The number of nitrogens with zero attached hydrogens (tertiary/aromatic N) is 1. The minimum atomic E-state index is -3.97. The fourth-order valence-electron chi connectivity index (χ4n) is 1.88. The first-order chi connectivity index (χ1) is 11.0. The van der Waals surface area contributed by atoms with Gasteiger partial charge in [0.05, 0.1) is 6.54 Å². The summed E-state index contributed by atoms with van der Waals surface area (Å²) in [5.74, 6) is -1.07. The number of halogens is 1. The number of aromatic nitrogens is 1. The summed E-state index contributed by atoms with van der Waals surface area (Å²) in [6, 6.07) is 5.36. The first kappa shape index (κ1) is 16.0. The minimum absolute atomic E-state index is 0.0992. The third-order valence-corrected chi connectivity index (χ3v) is 5.52. The van der Waals surface area contributed by atoms with Crippen molar-refractivity contribution in [2.75, 3.05) is 0 Å². The molecule has 1 saturated carbocycles. The van der Waals surface area contributed by atoms with Gasteiger partial charge in [0.2, 0.25) is 10.0 Å². The zero-order chi connectivity index (χ0) is 16.4. The molecule has 0 radical (unpaired) electrons. The fourth-order valence-corrected chi connectivity index (χ4v) is 3.75. The second kappa shape index (κ2) is 6.34. The Morgan fingerprint density at radius 3 is 2.78 bits per heavy atom. The maximum Gasteiger partial charge on any atom is 0.270 e. The Bertz CT molecular complexity index is 831. The van der Waals surface area contributed by atoms with Crippen molar-refractivity contribution in [3.63, 3.8) is 0 Å². The van der Waals surface area contributed by atoms with Crippen LogP contribution in [0.15, 0.2) is 34.5 Å². The molecule has 2 N–H and O–H groups in total. The van der Waals surface area contributed by atoms with E-state index in [2.05, 4.69) is 15.0 Å². The van der Waals surface area contributed by atoms with Gasteiger partial charge in [-0.25, -0.2) is 22.5 Å². The van der Waals surface area contributed by atoms with Gasteiger partial charge in [-0.15, -0.1) is 11.3 Å². The number of sulfonamides is 1. The van der Waals surface area contributed by atoms with Crippen LogP contribution in [-0.2, 0) is 16.6 Å². The largest absolute Gasteiger partial charge is 0.348 e. The average Bonchev–Trinajstić information content (AvgIpc) is 3.19. The zero-order valence-electron chi connectivity index (χ0n) is 12.0. The molecule has 1 heterocycles. The molecule has 0 unspecified atom stereocenters. The molecular weight excluding hydrogens is 341 g/mol. The normalized spacial score (nSPS) is 14.7. The molecule has 0 atom stereocenters. The van der Waals surface area contributed by atoms with Gasteiger partial charge < -0.3 is 5.32 Å². The number of carbonyl (C=O) groups is 1. The molecule has 1 amide bonds. The molecule has 1 aromatic carbocycles. The maximum absolute atomic E-state index is 13.6. The minimum Gasteiger partial charge on any atom is -0.348 e. The summed E-state index contributed by atoms with van der Waals surface area (Å²) in [7, 11) is -3.97. The van der Waals surface area contributed by atoms with Gasteiger partial charge >= 0.3 is 0 Å². The van der Waals surface area contributed by atoms with E-state index in [4.69, 9.17) is 0 Å². The predicted octanol–water partition coefficient (Wildman–Crippen LogP) is 1.65. The van der Waals surface area contributed by atoms with Crippen molar-refractivity contribution in [2.24, 2.45) is 0 Å². The van der Waals surface area contributed by atoms with Gasteiger partial charge in [0.15, 0.2) is 0 Å². The summed E-state index contributed by atoms with van der Waals surface area (Å²) in [4.78, 5) is 15.5. The fraction of sp³-hybridized carbons (Fsp3) is 0.286.